The molecule has 1 unspecified atom stereocenters. The zero-order chi connectivity index (χ0) is 13.8. The van der Waals surface area contributed by atoms with Crippen LogP contribution in [0.4, 0.5) is 0 Å². The molecule has 1 heterocycles. The first kappa shape index (κ1) is 13.8. The molecule has 3 nitrogen and oxygen atoms in total. The van der Waals surface area contributed by atoms with Gasteiger partial charge in [-0.2, -0.15) is 0 Å². The second-order valence-corrected chi connectivity index (χ2v) is 5.09. The summed E-state index contributed by atoms with van der Waals surface area (Å²) in [6.45, 7) is 5.76. The van der Waals surface area contributed by atoms with Crippen molar-refractivity contribution in [3.8, 4) is 0 Å². The fraction of sp³-hybridized carbons (Fsp3) is 0.375. The van der Waals surface area contributed by atoms with Crippen molar-refractivity contribution in [1.82, 2.24) is 4.90 Å². The molecule has 0 saturated heterocycles. The average molecular weight is 258 g/mol. The van der Waals surface area contributed by atoms with Crippen molar-refractivity contribution in [2.45, 2.75) is 26.4 Å². The van der Waals surface area contributed by atoms with Gasteiger partial charge >= 0.3 is 0 Å². The standard InChI is InChI=1S/C16H22N2O/c1-12-5-4-6-15(13(12)2)16(9-17)18(3)10-14-7-8-19-11-14/h4-8,11,16H,9-10,17H2,1-3H3. The normalized spacial score (nSPS) is 12.9. The molecular formula is C16H22N2O. The Hall–Kier alpha value is -1.58. The lowest BCUT2D eigenvalue weighted by Gasteiger charge is -2.28. The second-order valence-electron chi connectivity index (χ2n) is 5.09. The van der Waals surface area contributed by atoms with E-state index in [1.165, 1.54) is 22.3 Å². The topological polar surface area (TPSA) is 42.4 Å². The molecule has 3 heteroatoms. The first-order valence-electron chi connectivity index (χ1n) is 6.61. The lowest BCUT2D eigenvalue weighted by molar-refractivity contribution is 0.240. The molecular weight excluding hydrogens is 236 g/mol. The van der Waals surface area contributed by atoms with Gasteiger partial charge in [0.05, 0.1) is 12.5 Å². The fourth-order valence-electron chi connectivity index (χ4n) is 2.46. The zero-order valence-electron chi connectivity index (χ0n) is 11.9. The molecule has 0 saturated carbocycles. The molecule has 0 aliphatic carbocycles. The van der Waals surface area contributed by atoms with E-state index in [4.69, 9.17) is 10.2 Å². The molecule has 0 aliphatic rings. The van der Waals surface area contributed by atoms with Crippen LogP contribution < -0.4 is 5.73 Å². The Morgan fingerprint density at radius 2 is 2.05 bits per heavy atom. The number of nitrogens with zero attached hydrogens (tertiary/aromatic N) is 1. The van der Waals surface area contributed by atoms with Crippen molar-refractivity contribution in [2.75, 3.05) is 13.6 Å². The summed E-state index contributed by atoms with van der Waals surface area (Å²) in [6.07, 6.45) is 3.49. The van der Waals surface area contributed by atoms with E-state index in [0.717, 1.165) is 6.54 Å². The third kappa shape index (κ3) is 3.06. The summed E-state index contributed by atoms with van der Waals surface area (Å²) in [4.78, 5) is 2.27. The summed E-state index contributed by atoms with van der Waals surface area (Å²) in [5, 5.41) is 0. The van der Waals surface area contributed by atoms with Gasteiger partial charge in [-0.05, 0) is 43.7 Å². The highest BCUT2D eigenvalue weighted by Crippen LogP contribution is 2.25. The van der Waals surface area contributed by atoms with Crippen molar-refractivity contribution < 1.29 is 4.42 Å². The Labute approximate surface area is 115 Å². The Morgan fingerprint density at radius 1 is 1.26 bits per heavy atom. The van der Waals surface area contributed by atoms with Gasteiger partial charge in [0.1, 0.15) is 0 Å². The van der Waals surface area contributed by atoms with Crippen LogP contribution in [0.1, 0.15) is 28.3 Å². The summed E-state index contributed by atoms with van der Waals surface area (Å²) in [5.74, 6) is 0. The van der Waals surface area contributed by atoms with Crippen LogP contribution in [-0.4, -0.2) is 18.5 Å². The Morgan fingerprint density at radius 3 is 2.68 bits per heavy atom. The van der Waals surface area contributed by atoms with Crippen molar-refractivity contribution >= 4 is 0 Å². The predicted molar refractivity (Wildman–Crippen MR) is 77.9 cm³/mol. The molecule has 0 amide bonds. The maximum Gasteiger partial charge on any atom is 0.0947 e. The van der Waals surface area contributed by atoms with E-state index < -0.39 is 0 Å². The number of hydrogen-bond donors (Lipinski definition) is 1. The van der Waals surface area contributed by atoms with E-state index in [2.05, 4.69) is 44.0 Å². The van der Waals surface area contributed by atoms with Gasteiger partial charge in [-0.25, -0.2) is 0 Å². The average Bonchev–Trinajstić information content (AvgIpc) is 2.88. The monoisotopic (exact) mass is 258 g/mol. The minimum Gasteiger partial charge on any atom is -0.472 e. The van der Waals surface area contributed by atoms with Crippen LogP contribution in [0.5, 0.6) is 0 Å². The molecule has 19 heavy (non-hydrogen) atoms. The number of hydrogen-bond acceptors (Lipinski definition) is 3. The van der Waals surface area contributed by atoms with Crippen molar-refractivity contribution in [2.24, 2.45) is 5.73 Å². The Kier molecular flexibility index (Phi) is 4.40. The highest BCUT2D eigenvalue weighted by atomic mass is 16.3. The minimum absolute atomic E-state index is 0.231. The van der Waals surface area contributed by atoms with Crippen LogP contribution in [0, 0.1) is 13.8 Å². The molecule has 0 spiro atoms. The van der Waals surface area contributed by atoms with Crippen molar-refractivity contribution in [1.29, 1.82) is 0 Å². The van der Waals surface area contributed by atoms with Gasteiger partial charge in [0.2, 0.25) is 0 Å². The molecule has 0 bridgehead atoms. The van der Waals surface area contributed by atoms with Crippen LogP contribution >= 0.6 is 0 Å². The predicted octanol–water partition coefficient (Wildman–Crippen LogP) is 3.03. The van der Waals surface area contributed by atoms with Crippen molar-refractivity contribution in [3.63, 3.8) is 0 Å². The van der Waals surface area contributed by atoms with E-state index in [1.807, 2.05) is 6.07 Å². The summed E-state index contributed by atoms with van der Waals surface area (Å²) in [6, 6.07) is 8.64. The number of nitrogens with two attached hydrogens (primary N) is 1. The summed E-state index contributed by atoms with van der Waals surface area (Å²) >= 11 is 0. The summed E-state index contributed by atoms with van der Waals surface area (Å²) in [7, 11) is 2.10. The number of furan rings is 1. The van der Waals surface area contributed by atoms with E-state index in [0.29, 0.717) is 6.54 Å². The smallest absolute Gasteiger partial charge is 0.0947 e. The second kappa shape index (κ2) is 6.04. The lowest BCUT2D eigenvalue weighted by atomic mass is 9.96. The molecule has 2 aromatic rings. The fourth-order valence-corrected chi connectivity index (χ4v) is 2.46. The Balaban J connectivity index is 2.21. The summed E-state index contributed by atoms with van der Waals surface area (Å²) in [5.41, 5.74) is 11.1. The van der Waals surface area contributed by atoms with E-state index >= 15 is 0 Å². The number of benzene rings is 1. The van der Waals surface area contributed by atoms with Crippen LogP contribution in [0.15, 0.2) is 41.2 Å². The molecule has 102 valence electrons. The third-order valence-electron chi connectivity index (χ3n) is 3.77. The molecule has 1 aromatic carbocycles. The number of rotatable bonds is 5. The van der Waals surface area contributed by atoms with E-state index in [1.54, 1.807) is 12.5 Å². The van der Waals surface area contributed by atoms with Crippen molar-refractivity contribution in [3.05, 3.63) is 59.0 Å². The Bertz CT molecular complexity index is 520. The molecule has 1 aromatic heterocycles. The zero-order valence-corrected chi connectivity index (χ0v) is 11.9. The molecule has 0 aliphatic heterocycles. The van der Waals surface area contributed by atoms with Crippen LogP contribution in [0.3, 0.4) is 0 Å². The quantitative estimate of drug-likeness (QED) is 0.896. The maximum absolute atomic E-state index is 5.99. The highest BCUT2D eigenvalue weighted by Gasteiger charge is 2.18. The molecule has 2 N–H and O–H groups in total. The molecule has 2 rings (SSSR count). The molecule has 0 fully saturated rings. The van der Waals surface area contributed by atoms with Gasteiger partial charge in [-0.3, -0.25) is 4.90 Å². The first-order chi connectivity index (χ1) is 9.13. The molecule has 0 radical (unpaired) electrons. The summed E-state index contributed by atoms with van der Waals surface area (Å²) < 4.78 is 5.12. The largest absolute Gasteiger partial charge is 0.472 e. The van der Waals surface area contributed by atoms with Gasteiger partial charge in [-0.1, -0.05) is 18.2 Å². The van der Waals surface area contributed by atoms with Gasteiger partial charge < -0.3 is 10.2 Å². The number of aryl methyl sites for hydroxylation is 1. The SMILES string of the molecule is Cc1cccc(C(CN)N(C)Cc2ccoc2)c1C. The van der Waals surface area contributed by atoms with Crippen LogP contribution in [-0.2, 0) is 6.54 Å². The van der Waals surface area contributed by atoms with E-state index in [9.17, 15) is 0 Å². The minimum atomic E-state index is 0.231. The van der Waals surface area contributed by atoms with Crippen LogP contribution in [0.2, 0.25) is 0 Å². The van der Waals surface area contributed by atoms with Gasteiger partial charge in [0.25, 0.3) is 0 Å². The number of likely N-dealkylation sites (N-methyl/N-ethyl adjacent to an activating group) is 1. The lowest BCUT2D eigenvalue weighted by Crippen LogP contribution is -2.30. The van der Waals surface area contributed by atoms with E-state index in [-0.39, 0.29) is 6.04 Å². The third-order valence-corrected chi connectivity index (χ3v) is 3.77. The first-order valence-corrected chi connectivity index (χ1v) is 6.61. The molecule has 1 atom stereocenters. The highest BCUT2D eigenvalue weighted by molar-refractivity contribution is 5.35. The van der Waals surface area contributed by atoms with Gasteiger partial charge in [0, 0.05) is 24.7 Å². The van der Waals surface area contributed by atoms with Crippen LogP contribution in [0.25, 0.3) is 0 Å². The maximum atomic E-state index is 5.99. The van der Waals surface area contributed by atoms with Gasteiger partial charge in [-0.15, -0.1) is 0 Å². The van der Waals surface area contributed by atoms with Gasteiger partial charge in [0.15, 0.2) is 0 Å².